The Hall–Kier alpha value is -3.62. The number of hydrogen-bond acceptors (Lipinski definition) is 5. The highest BCUT2D eigenvalue weighted by atomic mass is 32.2. The Morgan fingerprint density at radius 2 is 1.39 bits per heavy atom. The van der Waals surface area contributed by atoms with Crippen molar-refractivity contribution in [2.75, 3.05) is 18.4 Å². The molecule has 1 heterocycles. The summed E-state index contributed by atoms with van der Waals surface area (Å²) < 4.78 is 27.8. The molecule has 2 aliphatic rings. The molecule has 36 heavy (non-hydrogen) atoms. The van der Waals surface area contributed by atoms with Gasteiger partial charge in [0.25, 0.3) is 5.91 Å². The molecule has 1 amide bonds. The number of nitrogens with one attached hydrogen (secondary N) is 1. The zero-order chi connectivity index (χ0) is 25.6. The number of piperidine rings is 1. The van der Waals surface area contributed by atoms with Crippen molar-refractivity contribution in [2.24, 2.45) is 11.8 Å². The lowest BCUT2D eigenvalue weighted by Crippen LogP contribution is -2.42. The van der Waals surface area contributed by atoms with Crippen molar-refractivity contribution in [3.63, 3.8) is 0 Å². The van der Waals surface area contributed by atoms with E-state index in [1.807, 2.05) is 13.8 Å². The summed E-state index contributed by atoms with van der Waals surface area (Å²) in [6.45, 7) is 5.05. The predicted octanol–water partition coefficient (Wildman–Crippen LogP) is 4.38. The van der Waals surface area contributed by atoms with Crippen LogP contribution >= 0.6 is 0 Å². The van der Waals surface area contributed by atoms with Crippen LogP contribution in [-0.4, -0.2) is 43.3 Å². The summed E-state index contributed by atoms with van der Waals surface area (Å²) in [4.78, 5) is 39.3. The molecule has 2 atom stereocenters. The summed E-state index contributed by atoms with van der Waals surface area (Å²) in [6, 6.07) is 17.1. The van der Waals surface area contributed by atoms with Gasteiger partial charge in [-0.2, -0.15) is 4.31 Å². The third kappa shape index (κ3) is 4.16. The molecular weight excluding hydrogens is 476 g/mol. The van der Waals surface area contributed by atoms with Gasteiger partial charge in [0, 0.05) is 35.3 Å². The van der Waals surface area contributed by atoms with E-state index in [1.54, 1.807) is 42.5 Å². The first-order chi connectivity index (χ1) is 17.2. The van der Waals surface area contributed by atoms with Crippen molar-refractivity contribution in [2.45, 2.75) is 25.2 Å². The lowest BCUT2D eigenvalue weighted by Gasteiger charge is -2.34. The summed E-state index contributed by atoms with van der Waals surface area (Å²) in [6.07, 6.45) is 0.994. The first-order valence-corrected chi connectivity index (χ1v) is 13.3. The minimum Gasteiger partial charge on any atom is -0.321 e. The molecule has 0 bridgehead atoms. The van der Waals surface area contributed by atoms with Crippen LogP contribution in [0, 0.1) is 11.8 Å². The van der Waals surface area contributed by atoms with Crippen molar-refractivity contribution in [1.29, 1.82) is 0 Å². The molecule has 5 rings (SSSR count). The lowest BCUT2D eigenvalue weighted by atomic mass is 9.83. The van der Waals surface area contributed by atoms with Crippen molar-refractivity contribution >= 4 is 33.2 Å². The number of benzene rings is 3. The summed E-state index contributed by atoms with van der Waals surface area (Å²) in [7, 11) is -3.66. The van der Waals surface area contributed by atoms with Gasteiger partial charge >= 0.3 is 0 Å². The normalized spacial score (nSPS) is 19.9. The molecule has 0 radical (unpaired) electrons. The predicted molar refractivity (Wildman–Crippen MR) is 136 cm³/mol. The van der Waals surface area contributed by atoms with Gasteiger partial charge in [-0.25, -0.2) is 8.42 Å². The SMILES string of the molecule is CC1CC(C)CN(S(=O)(=O)c2ccc(C(=O)Nc3cccc4c3C(=O)c3ccccc3C4=O)cc2)C1. The average molecular weight is 503 g/mol. The highest BCUT2D eigenvalue weighted by Crippen LogP contribution is 2.32. The number of ketones is 2. The van der Waals surface area contributed by atoms with E-state index in [0.717, 1.165) is 6.42 Å². The van der Waals surface area contributed by atoms with Crippen LogP contribution in [0.5, 0.6) is 0 Å². The second-order valence-corrected chi connectivity index (χ2v) is 11.6. The van der Waals surface area contributed by atoms with Crippen molar-refractivity contribution in [3.05, 3.63) is 94.5 Å². The highest BCUT2D eigenvalue weighted by molar-refractivity contribution is 7.89. The number of carbonyl (C=O) groups is 3. The number of fused-ring (bicyclic) bond motifs is 2. The zero-order valence-electron chi connectivity index (χ0n) is 20.0. The number of nitrogens with zero attached hydrogens (tertiary/aromatic N) is 1. The number of rotatable bonds is 4. The van der Waals surface area contributed by atoms with Crippen LogP contribution in [0.3, 0.4) is 0 Å². The molecular formula is C28H26N2O5S. The molecule has 2 unspecified atom stereocenters. The van der Waals surface area contributed by atoms with Gasteiger partial charge in [-0.1, -0.05) is 50.2 Å². The maximum atomic E-state index is 13.2. The molecule has 1 aliphatic heterocycles. The van der Waals surface area contributed by atoms with Gasteiger partial charge in [0.05, 0.1) is 16.1 Å². The lowest BCUT2D eigenvalue weighted by molar-refractivity contribution is 0.0978. The summed E-state index contributed by atoms with van der Waals surface area (Å²) in [5.41, 5.74) is 1.51. The number of sulfonamides is 1. The number of amides is 1. The maximum absolute atomic E-state index is 13.2. The summed E-state index contributed by atoms with van der Waals surface area (Å²) >= 11 is 0. The van der Waals surface area contributed by atoms with E-state index >= 15 is 0 Å². The molecule has 7 nitrogen and oxygen atoms in total. The summed E-state index contributed by atoms with van der Waals surface area (Å²) in [5, 5.41) is 2.73. The Labute approximate surface area is 210 Å². The van der Waals surface area contributed by atoms with E-state index in [-0.39, 0.29) is 50.7 Å². The van der Waals surface area contributed by atoms with Crippen LogP contribution in [0.15, 0.2) is 71.6 Å². The van der Waals surface area contributed by atoms with Crippen LogP contribution in [0.25, 0.3) is 0 Å². The standard InChI is InChI=1S/C28H26N2O5S/c1-17-14-18(2)16-30(15-17)36(34,35)20-12-10-19(11-13-20)28(33)29-24-9-5-8-23-25(24)27(32)22-7-4-3-6-21(22)26(23)31/h3-13,17-18H,14-16H2,1-2H3,(H,29,33). The topological polar surface area (TPSA) is 101 Å². The average Bonchev–Trinajstić information content (AvgIpc) is 2.86. The quantitative estimate of drug-likeness (QED) is 0.446. The van der Waals surface area contributed by atoms with E-state index in [4.69, 9.17) is 0 Å². The summed E-state index contributed by atoms with van der Waals surface area (Å²) in [5.74, 6) is -0.541. The second-order valence-electron chi connectivity index (χ2n) is 9.68. The first-order valence-electron chi connectivity index (χ1n) is 11.9. The molecule has 0 spiro atoms. The van der Waals surface area contributed by atoms with E-state index in [0.29, 0.717) is 24.2 Å². The van der Waals surface area contributed by atoms with Crippen LogP contribution < -0.4 is 5.32 Å². The molecule has 0 saturated carbocycles. The zero-order valence-corrected chi connectivity index (χ0v) is 20.8. The molecule has 3 aromatic rings. The van der Waals surface area contributed by atoms with E-state index in [2.05, 4.69) is 5.32 Å². The Kier molecular flexibility index (Phi) is 6.10. The first kappa shape index (κ1) is 24.1. The molecule has 3 aromatic carbocycles. The minimum atomic E-state index is -3.66. The molecule has 1 saturated heterocycles. The Bertz CT molecular complexity index is 1480. The smallest absolute Gasteiger partial charge is 0.255 e. The monoisotopic (exact) mass is 502 g/mol. The Morgan fingerprint density at radius 3 is 2.03 bits per heavy atom. The van der Waals surface area contributed by atoms with Crippen LogP contribution in [0.1, 0.15) is 62.5 Å². The second kappa shape index (κ2) is 9.11. The third-order valence-electron chi connectivity index (χ3n) is 6.79. The van der Waals surface area contributed by atoms with Crippen molar-refractivity contribution in [1.82, 2.24) is 4.31 Å². The highest BCUT2D eigenvalue weighted by Gasteiger charge is 2.33. The maximum Gasteiger partial charge on any atom is 0.255 e. The fourth-order valence-electron chi connectivity index (χ4n) is 5.17. The van der Waals surface area contributed by atoms with Crippen LogP contribution in [0.2, 0.25) is 0 Å². The molecule has 1 fully saturated rings. The van der Waals surface area contributed by atoms with Crippen LogP contribution in [0.4, 0.5) is 5.69 Å². The van der Waals surface area contributed by atoms with E-state index < -0.39 is 15.9 Å². The molecule has 1 N–H and O–H groups in total. The molecule has 184 valence electrons. The van der Waals surface area contributed by atoms with Gasteiger partial charge in [0.2, 0.25) is 10.0 Å². The minimum absolute atomic E-state index is 0.134. The fourth-order valence-corrected chi connectivity index (χ4v) is 6.85. The fraction of sp³-hybridized carbons (Fsp3) is 0.250. The van der Waals surface area contributed by atoms with E-state index in [9.17, 15) is 22.8 Å². The molecule has 0 aromatic heterocycles. The number of anilines is 1. The Balaban J connectivity index is 1.39. The van der Waals surface area contributed by atoms with Gasteiger partial charge in [0.15, 0.2) is 11.6 Å². The van der Waals surface area contributed by atoms with E-state index in [1.165, 1.54) is 28.6 Å². The van der Waals surface area contributed by atoms with Gasteiger partial charge in [-0.15, -0.1) is 0 Å². The third-order valence-corrected chi connectivity index (χ3v) is 8.64. The molecule has 1 aliphatic carbocycles. The molecule has 8 heteroatoms. The number of carbonyl (C=O) groups excluding carboxylic acids is 3. The van der Waals surface area contributed by atoms with Gasteiger partial charge < -0.3 is 5.32 Å². The van der Waals surface area contributed by atoms with Gasteiger partial charge in [-0.3, -0.25) is 14.4 Å². The van der Waals surface area contributed by atoms with Crippen molar-refractivity contribution < 1.29 is 22.8 Å². The Morgan fingerprint density at radius 1 is 0.806 bits per heavy atom. The number of hydrogen-bond donors (Lipinski definition) is 1. The van der Waals surface area contributed by atoms with Crippen LogP contribution in [-0.2, 0) is 10.0 Å². The van der Waals surface area contributed by atoms with Gasteiger partial charge in [0.1, 0.15) is 0 Å². The van der Waals surface area contributed by atoms with Gasteiger partial charge in [-0.05, 0) is 48.6 Å². The van der Waals surface area contributed by atoms with Crippen molar-refractivity contribution in [3.8, 4) is 0 Å². The largest absolute Gasteiger partial charge is 0.321 e.